The summed E-state index contributed by atoms with van der Waals surface area (Å²) in [5.41, 5.74) is 3.79. The molecule has 4 N–H and O–H groups in total. The highest BCUT2D eigenvalue weighted by atomic mass is 32.2. The lowest BCUT2D eigenvalue weighted by Crippen LogP contribution is -2.55. The number of aromatic carboxylic acids is 1. The lowest BCUT2D eigenvalue weighted by molar-refractivity contribution is -0.139. The van der Waals surface area contributed by atoms with E-state index in [0.29, 0.717) is 76.8 Å². The van der Waals surface area contributed by atoms with Crippen LogP contribution in [-0.2, 0) is 30.2 Å². The van der Waals surface area contributed by atoms with Gasteiger partial charge in [-0.15, -0.1) is 11.3 Å². The van der Waals surface area contributed by atoms with Crippen molar-refractivity contribution < 1.29 is 51.7 Å². The number of carbonyl (C=O) groups is 5. The summed E-state index contributed by atoms with van der Waals surface area (Å²) >= 11 is 0.645. The van der Waals surface area contributed by atoms with Crippen LogP contribution in [0, 0.1) is 5.82 Å². The number of hydrogen-bond donors (Lipinski definition) is 4. The lowest BCUT2D eigenvalue weighted by atomic mass is 9.85. The van der Waals surface area contributed by atoms with Gasteiger partial charge < -0.3 is 25.2 Å². The number of benzene rings is 4. The molecule has 3 saturated heterocycles. The number of carboxylic acid groups (broad SMARTS) is 2. The van der Waals surface area contributed by atoms with Crippen LogP contribution in [-0.4, -0.2) is 106 Å². The highest BCUT2D eigenvalue weighted by Crippen LogP contribution is 2.45. The van der Waals surface area contributed by atoms with Gasteiger partial charge in [0.1, 0.15) is 6.04 Å². The van der Waals surface area contributed by atoms with Crippen molar-refractivity contribution in [2.45, 2.75) is 81.7 Å². The van der Waals surface area contributed by atoms with Gasteiger partial charge >= 0.3 is 11.9 Å². The van der Waals surface area contributed by atoms with Crippen LogP contribution in [0.25, 0.3) is 32.1 Å². The van der Waals surface area contributed by atoms with E-state index in [1.807, 2.05) is 44.2 Å². The van der Waals surface area contributed by atoms with Gasteiger partial charge in [-0.25, -0.2) is 32.4 Å². The highest BCUT2D eigenvalue weighted by Gasteiger charge is 2.43. The van der Waals surface area contributed by atoms with Gasteiger partial charge in [0.25, 0.3) is 5.91 Å². The number of halogens is 1. The van der Waals surface area contributed by atoms with Crippen LogP contribution in [0.4, 0.5) is 21.7 Å². The van der Waals surface area contributed by atoms with E-state index in [2.05, 4.69) is 26.6 Å². The fourth-order valence-electron chi connectivity index (χ4n) is 10.6. The first-order valence-corrected chi connectivity index (χ1v) is 25.4. The van der Waals surface area contributed by atoms with E-state index < -0.39 is 62.5 Å². The van der Waals surface area contributed by atoms with Crippen molar-refractivity contribution in [3.63, 3.8) is 0 Å². The first-order chi connectivity index (χ1) is 33.5. The minimum absolute atomic E-state index is 0.0188. The number of nitrogens with one attached hydrogen (secondary N) is 2. The monoisotopic (exact) mass is 989 g/mol. The number of carboxylic acids is 2. The maximum absolute atomic E-state index is 15.5. The second-order valence-corrected chi connectivity index (χ2v) is 21.7. The Kier molecular flexibility index (Phi) is 12.0. The van der Waals surface area contributed by atoms with Crippen LogP contribution in [0.15, 0.2) is 79.0 Å². The molecule has 6 aromatic rings. The molecule has 0 radical (unpaired) electrons. The minimum atomic E-state index is -3.81. The van der Waals surface area contributed by atoms with E-state index in [0.717, 1.165) is 34.6 Å². The van der Waals surface area contributed by atoms with Crippen molar-refractivity contribution in [1.82, 2.24) is 19.6 Å². The molecule has 2 atom stereocenters. The van der Waals surface area contributed by atoms with Gasteiger partial charge in [-0.1, -0.05) is 42.5 Å². The van der Waals surface area contributed by atoms with Crippen molar-refractivity contribution in [1.29, 1.82) is 0 Å². The third-order valence-corrected chi connectivity index (χ3v) is 17.0. The van der Waals surface area contributed by atoms with Gasteiger partial charge in [0, 0.05) is 65.9 Å². The van der Waals surface area contributed by atoms with Crippen LogP contribution in [0.3, 0.4) is 0 Å². The summed E-state index contributed by atoms with van der Waals surface area (Å²) in [7, 11) is -3.81. The number of anilines is 3. The largest absolute Gasteiger partial charge is 0.479 e. The molecule has 70 heavy (non-hydrogen) atoms. The van der Waals surface area contributed by atoms with Crippen LogP contribution < -0.4 is 25.2 Å². The molecule has 0 spiro atoms. The summed E-state index contributed by atoms with van der Waals surface area (Å²) in [5, 5.41) is 27.0. The lowest BCUT2D eigenvalue weighted by Gasteiger charge is -2.45. The van der Waals surface area contributed by atoms with Crippen LogP contribution in [0.5, 0.6) is 5.75 Å². The topological polar surface area (TPSA) is 229 Å². The van der Waals surface area contributed by atoms with Crippen molar-refractivity contribution in [3.05, 3.63) is 106 Å². The van der Waals surface area contributed by atoms with Gasteiger partial charge in [0.15, 0.2) is 23.1 Å². The molecular weight excluding hydrogens is 942 g/mol. The van der Waals surface area contributed by atoms with Gasteiger partial charge in [-0.3, -0.25) is 24.6 Å². The third kappa shape index (κ3) is 8.68. The zero-order valence-electron chi connectivity index (χ0n) is 38.1. The Morgan fingerprint density at radius 3 is 2.50 bits per heavy atom. The molecule has 4 aromatic carbocycles. The summed E-state index contributed by atoms with van der Waals surface area (Å²) in [6, 6.07) is 20.9. The Hall–Kier alpha value is -7.03. The molecular formula is C50H48FN7O10S2. The summed E-state index contributed by atoms with van der Waals surface area (Å²) in [6.07, 6.45) is 4.73. The fourth-order valence-corrected chi connectivity index (χ4v) is 13.5. The molecule has 3 amide bonds. The van der Waals surface area contributed by atoms with E-state index in [1.54, 1.807) is 51.8 Å². The molecule has 0 aliphatic carbocycles. The van der Waals surface area contributed by atoms with Gasteiger partial charge in [-0.2, -0.15) is 4.31 Å². The predicted molar refractivity (Wildman–Crippen MR) is 261 cm³/mol. The van der Waals surface area contributed by atoms with Crippen molar-refractivity contribution in [2.75, 3.05) is 41.4 Å². The van der Waals surface area contributed by atoms with Crippen LogP contribution in [0.2, 0.25) is 0 Å². The quantitative estimate of drug-likeness (QED) is 0.0843. The third-order valence-electron chi connectivity index (χ3n) is 13.8. The zero-order chi connectivity index (χ0) is 49.2. The van der Waals surface area contributed by atoms with Gasteiger partial charge in [0.05, 0.1) is 21.8 Å². The first kappa shape index (κ1) is 46.7. The second-order valence-electron chi connectivity index (χ2n) is 18.8. The van der Waals surface area contributed by atoms with Crippen LogP contribution >= 0.6 is 11.3 Å². The number of fused-ring (bicyclic) bond motifs is 1. The SMILES string of the molecule is CC1(C)CC(Nc2cccc(-c3sc(C(=O)O)c(OCC(=O)O)c3F)c2)CCN1S(=O)(=O)Cc1ccc2cnc(N3CCC(c4ccc5c6c(cccc46)C(=O)N5C4CCC(=O)NC4=O)CC3)nc2c1. The molecule has 10 rings (SSSR count). The Labute approximate surface area is 405 Å². The number of imide groups is 1. The molecule has 362 valence electrons. The van der Waals surface area contributed by atoms with E-state index in [1.165, 1.54) is 0 Å². The standard InChI is InChI=1S/C50H48FN7O10S2/c1-50(2)23-32(53-31-6-3-5-29(22-31)44-42(51)43(68-25-40(60)61)45(69-44)48(64)65)17-20-57(50)70(66,67)26-27-9-10-30-24-52-49(54-36(30)21-27)56-18-15-28(16-19-56)33-11-12-37-41-34(33)7-4-8-35(41)47(63)58(37)38-13-14-39(59)55-46(38)62/h3-12,21-22,24,28,32,38,53H,13-20,23,25-26H2,1-2H3,(H,60,61)(H,64,65)(H,55,59,62). The number of piperidine rings is 3. The average molecular weight is 990 g/mol. The first-order valence-electron chi connectivity index (χ1n) is 23.0. The molecule has 2 unspecified atom stereocenters. The van der Waals surface area contributed by atoms with Gasteiger partial charge in [-0.05, 0) is 104 Å². The zero-order valence-corrected chi connectivity index (χ0v) is 39.7. The molecule has 3 fully saturated rings. The summed E-state index contributed by atoms with van der Waals surface area (Å²) < 4.78 is 50.4. The number of thiophene rings is 1. The number of hydrogen-bond acceptors (Lipinski definition) is 13. The van der Waals surface area contributed by atoms with Crippen LogP contribution in [0.1, 0.15) is 89.4 Å². The normalized spacial score (nSPS) is 19.7. The van der Waals surface area contributed by atoms with Crippen molar-refractivity contribution in [3.8, 4) is 16.2 Å². The molecule has 4 aliphatic rings. The predicted octanol–water partition coefficient (Wildman–Crippen LogP) is 7.15. The number of rotatable bonds is 13. The number of aromatic nitrogens is 2. The fraction of sp³-hybridized carbons (Fsp3) is 0.340. The molecule has 4 aliphatic heterocycles. The second kappa shape index (κ2) is 18.1. The Morgan fingerprint density at radius 1 is 0.971 bits per heavy atom. The Morgan fingerprint density at radius 2 is 1.76 bits per heavy atom. The number of nitrogens with zero attached hydrogens (tertiary/aromatic N) is 5. The molecule has 2 aromatic heterocycles. The van der Waals surface area contributed by atoms with E-state index in [4.69, 9.17) is 14.8 Å². The Balaban J connectivity index is 0.788. The van der Waals surface area contributed by atoms with E-state index in [9.17, 15) is 37.5 Å². The van der Waals surface area contributed by atoms with Crippen molar-refractivity contribution in [2.24, 2.45) is 0 Å². The number of sulfonamides is 1. The maximum atomic E-state index is 15.5. The summed E-state index contributed by atoms with van der Waals surface area (Å²) in [6.45, 7) is 4.46. The van der Waals surface area contributed by atoms with E-state index >= 15 is 4.39 Å². The number of ether oxygens (including phenoxy) is 1. The molecule has 0 saturated carbocycles. The van der Waals surface area contributed by atoms with Gasteiger partial charge in [0.2, 0.25) is 27.8 Å². The molecule has 0 bridgehead atoms. The molecule has 17 nitrogen and oxygen atoms in total. The summed E-state index contributed by atoms with van der Waals surface area (Å²) in [5.74, 6) is -4.94. The average Bonchev–Trinajstić information content (AvgIpc) is 3.81. The molecule has 6 heterocycles. The maximum Gasteiger partial charge on any atom is 0.349 e. The minimum Gasteiger partial charge on any atom is -0.479 e. The van der Waals surface area contributed by atoms with E-state index in [-0.39, 0.29) is 53.8 Å². The number of carbonyl (C=O) groups excluding carboxylic acids is 3. The highest BCUT2D eigenvalue weighted by molar-refractivity contribution is 7.88. The Bertz CT molecular complexity index is 3280. The summed E-state index contributed by atoms with van der Waals surface area (Å²) in [4.78, 5) is 74.1. The number of amides is 3. The molecule has 20 heteroatoms. The number of aliphatic carboxylic acids is 1. The smallest absolute Gasteiger partial charge is 0.349 e. The van der Waals surface area contributed by atoms with Crippen molar-refractivity contribution >= 4 is 90.0 Å².